The summed E-state index contributed by atoms with van der Waals surface area (Å²) < 4.78 is 1.70. The van der Waals surface area contributed by atoms with Crippen molar-refractivity contribution in [3.63, 3.8) is 0 Å². The molecule has 1 aromatic rings. The molecule has 5 heteroatoms. The Balaban J connectivity index is 2.81. The number of hydrogen-bond acceptors (Lipinski definition) is 4. The second-order valence-corrected chi connectivity index (χ2v) is 8.45. The topological polar surface area (TPSA) is 64.2 Å². The molecule has 0 fully saturated rings. The molecule has 0 spiro atoms. The van der Waals surface area contributed by atoms with Crippen LogP contribution in [0.4, 0.5) is 0 Å². The summed E-state index contributed by atoms with van der Waals surface area (Å²) in [6, 6.07) is 0.315. The van der Waals surface area contributed by atoms with Crippen molar-refractivity contribution >= 4 is 11.3 Å². The maximum atomic E-state index is 13.7. The van der Waals surface area contributed by atoms with Crippen LogP contribution < -0.4 is 11.3 Å². The smallest absolute Gasteiger partial charge is 0.261 e. The summed E-state index contributed by atoms with van der Waals surface area (Å²) in [5.41, 5.74) is 10.4. The highest BCUT2D eigenvalue weighted by Crippen LogP contribution is 2.26. The highest BCUT2D eigenvalue weighted by atomic mass is 16.1. The van der Waals surface area contributed by atoms with Gasteiger partial charge >= 0.3 is 0 Å². The minimum atomic E-state index is -0.0102. The molecular weight excluding hydrogens is 360 g/mol. The van der Waals surface area contributed by atoms with Crippen LogP contribution in [0.3, 0.4) is 0 Å². The standard InChI is InChI=1S/C24H36N4O/c1-8-20(11-10-16(3)4)28-23(19(14-25)12-17(5)6)26-22-15-27(9-2)18(7)13-21(22)24(28)29/h8,10-11,14,17-18H,1,9,12-13,15,25H2,2-7H3/b19-14-,20-11+/t18-/m1/s1. The van der Waals surface area contributed by atoms with Gasteiger partial charge < -0.3 is 5.73 Å². The van der Waals surface area contributed by atoms with Crippen LogP contribution in [0.5, 0.6) is 0 Å². The molecule has 0 saturated heterocycles. The van der Waals surface area contributed by atoms with Crippen LogP contribution >= 0.6 is 0 Å². The van der Waals surface area contributed by atoms with Gasteiger partial charge in [-0.3, -0.25) is 14.3 Å². The quantitative estimate of drug-likeness (QED) is 0.696. The van der Waals surface area contributed by atoms with E-state index < -0.39 is 0 Å². The molecule has 0 bridgehead atoms. The van der Waals surface area contributed by atoms with E-state index in [0.29, 0.717) is 30.7 Å². The van der Waals surface area contributed by atoms with Gasteiger partial charge in [0.25, 0.3) is 5.56 Å². The fraction of sp³-hybridized carbons (Fsp3) is 0.500. The molecular formula is C24H36N4O. The van der Waals surface area contributed by atoms with Gasteiger partial charge in [0, 0.05) is 29.9 Å². The van der Waals surface area contributed by atoms with Crippen LogP contribution in [-0.2, 0) is 13.0 Å². The van der Waals surface area contributed by atoms with Gasteiger partial charge in [-0.1, -0.05) is 39.0 Å². The first kappa shape index (κ1) is 22.9. The first-order chi connectivity index (χ1) is 13.7. The van der Waals surface area contributed by atoms with Gasteiger partial charge in [0.15, 0.2) is 0 Å². The third-order valence-corrected chi connectivity index (χ3v) is 5.32. The van der Waals surface area contributed by atoms with Crippen LogP contribution in [0, 0.1) is 5.92 Å². The average Bonchev–Trinajstić information content (AvgIpc) is 2.67. The molecule has 29 heavy (non-hydrogen) atoms. The zero-order chi connectivity index (χ0) is 21.7. The number of hydrogen-bond donors (Lipinski definition) is 1. The highest BCUT2D eigenvalue weighted by molar-refractivity contribution is 5.68. The van der Waals surface area contributed by atoms with Gasteiger partial charge in [-0.05, 0) is 58.2 Å². The van der Waals surface area contributed by atoms with Gasteiger partial charge in [-0.2, -0.15) is 0 Å². The minimum absolute atomic E-state index is 0.0102. The molecule has 0 amide bonds. The van der Waals surface area contributed by atoms with E-state index in [-0.39, 0.29) is 5.56 Å². The zero-order valence-electron chi connectivity index (χ0n) is 18.8. The highest BCUT2D eigenvalue weighted by Gasteiger charge is 2.28. The lowest BCUT2D eigenvalue weighted by molar-refractivity contribution is 0.190. The van der Waals surface area contributed by atoms with Crippen LogP contribution in [-0.4, -0.2) is 27.0 Å². The third kappa shape index (κ3) is 5.15. The normalized spacial score (nSPS) is 18.0. The molecule has 1 aromatic heterocycles. The van der Waals surface area contributed by atoms with Gasteiger partial charge in [0.2, 0.25) is 0 Å². The fourth-order valence-electron chi connectivity index (χ4n) is 3.75. The lowest BCUT2D eigenvalue weighted by atomic mass is 9.98. The van der Waals surface area contributed by atoms with E-state index in [0.717, 1.165) is 41.1 Å². The van der Waals surface area contributed by atoms with Crippen molar-refractivity contribution in [2.45, 2.75) is 67.0 Å². The number of likely N-dealkylation sites (N-methyl/N-ethyl adjacent to an activating group) is 1. The molecule has 2 rings (SSSR count). The molecule has 2 heterocycles. The molecule has 0 radical (unpaired) electrons. The van der Waals surface area contributed by atoms with Crippen LogP contribution in [0.15, 0.2) is 41.4 Å². The lowest BCUT2D eigenvalue weighted by Crippen LogP contribution is -2.43. The number of nitrogens with zero attached hydrogens (tertiary/aromatic N) is 3. The van der Waals surface area contributed by atoms with Gasteiger partial charge in [0.1, 0.15) is 5.82 Å². The Kier molecular flexibility index (Phi) is 7.80. The number of aromatic nitrogens is 2. The van der Waals surface area contributed by atoms with Crippen molar-refractivity contribution < 1.29 is 0 Å². The number of rotatable bonds is 7. The Morgan fingerprint density at radius 1 is 1.34 bits per heavy atom. The van der Waals surface area contributed by atoms with Crippen molar-refractivity contribution in [1.82, 2.24) is 14.5 Å². The SMILES string of the molecule is C=C/C(=C\C=C(C)C)n1c(/C(=C\N)CC(C)C)nc2c(c1=O)C[C@@H](C)N(CC)C2. The molecule has 0 aliphatic carbocycles. The van der Waals surface area contributed by atoms with Crippen molar-refractivity contribution in [1.29, 1.82) is 0 Å². The summed E-state index contributed by atoms with van der Waals surface area (Å²) in [7, 11) is 0. The molecule has 158 valence electrons. The Hall–Kier alpha value is -2.40. The lowest BCUT2D eigenvalue weighted by Gasteiger charge is -2.33. The maximum absolute atomic E-state index is 13.7. The molecule has 2 N–H and O–H groups in total. The van der Waals surface area contributed by atoms with Crippen LogP contribution in [0.25, 0.3) is 11.3 Å². The van der Waals surface area contributed by atoms with Crippen molar-refractivity contribution in [2.75, 3.05) is 6.54 Å². The largest absolute Gasteiger partial charge is 0.404 e. The monoisotopic (exact) mass is 396 g/mol. The zero-order valence-corrected chi connectivity index (χ0v) is 18.8. The summed E-state index contributed by atoms with van der Waals surface area (Å²) >= 11 is 0. The van der Waals surface area contributed by atoms with Gasteiger partial charge in [-0.15, -0.1) is 0 Å². The predicted octanol–water partition coefficient (Wildman–Crippen LogP) is 4.35. The molecule has 1 atom stereocenters. The first-order valence-corrected chi connectivity index (χ1v) is 10.5. The average molecular weight is 397 g/mol. The number of nitrogens with two attached hydrogens (primary N) is 1. The summed E-state index contributed by atoms with van der Waals surface area (Å²) in [6.07, 6.45) is 8.68. The Labute approximate surface area is 175 Å². The van der Waals surface area contributed by atoms with E-state index in [9.17, 15) is 4.79 Å². The molecule has 0 saturated carbocycles. The van der Waals surface area contributed by atoms with Crippen molar-refractivity contribution in [3.05, 3.63) is 64.0 Å². The first-order valence-electron chi connectivity index (χ1n) is 10.5. The van der Waals surface area contributed by atoms with E-state index in [1.165, 1.54) is 0 Å². The Bertz CT molecular complexity index is 898. The molecule has 0 aromatic carbocycles. The molecule has 1 aliphatic heterocycles. The molecule has 0 unspecified atom stereocenters. The van der Waals surface area contributed by atoms with Crippen LogP contribution in [0.1, 0.15) is 65.0 Å². The van der Waals surface area contributed by atoms with E-state index in [1.54, 1.807) is 16.8 Å². The number of allylic oxidation sites excluding steroid dienone is 6. The van der Waals surface area contributed by atoms with E-state index in [1.807, 2.05) is 26.0 Å². The Morgan fingerprint density at radius 3 is 2.55 bits per heavy atom. The van der Waals surface area contributed by atoms with E-state index in [2.05, 4.69) is 39.2 Å². The van der Waals surface area contributed by atoms with Crippen molar-refractivity contribution in [2.24, 2.45) is 11.7 Å². The second kappa shape index (κ2) is 9.88. The molecule has 1 aliphatic rings. The van der Waals surface area contributed by atoms with Crippen LogP contribution in [0.2, 0.25) is 0 Å². The fourth-order valence-corrected chi connectivity index (χ4v) is 3.75. The van der Waals surface area contributed by atoms with Crippen molar-refractivity contribution in [3.8, 4) is 0 Å². The summed E-state index contributed by atoms with van der Waals surface area (Å²) in [4.78, 5) is 21.0. The predicted molar refractivity (Wildman–Crippen MR) is 123 cm³/mol. The van der Waals surface area contributed by atoms with Gasteiger partial charge in [0.05, 0.1) is 11.4 Å². The Morgan fingerprint density at radius 2 is 2.03 bits per heavy atom. The summed E-state index contributed by atoms with van der Waals surface area (Å²) in [6.45, 7) is 18.2. The van der Waals surface area contributed by atoms with E-state index >= 15 is 0 Å². The summed E-state index contributed by atoms with van der Waals surface area (Å²) in [5.74, 6) is 1.02. The molecule has 5 nitrogen and oxygen atoms in total. The summed E-state index contributed by atoms with van der Waals surface area (Å²) in [5, 5.41) is 0. The van der Waals surface area contributed by atoms with Gasteiger partial charge in [-0.25, -0.2) is 4.98 Å². The van der Waals surface area contributed by atoms with E-state index in [4.69, 9.17) is 10.7 Å². The minimum Gasteiger partial charge on any atom is -0.404 e. The second-order valence-electron chi connectivity index (χ2n) is 8.45. The maximum Gasteiger partial charge on any atom is 0.261 e. The third-order valence-electron chi connectivity index (χ3n) is 5.32. The number of fused-ring (bicyclic) bond motifs is 1.